The fourth-order valence-electron chi connectivity index (χ4n) is 4.65. The Kier molecular flexibility index (Phi) is 8.06. The van der Waals surface area contributed by atoms with Gasteiger partial charge in [0.2, 0.25) is 0 Å². The van der Waals surface area contributed by atoms with Crippen molar-refractivity contribution in [3.8, 4) is 11.1 Å². The standard InChI is InChI=1S/C25H35N3S/c1-3-8-22(9-4-1)23-10-12-25(13-11-23)29-26-16-7-17-27-20-14-24(15-21-27)28-18-5-2-6-19-28/h1,3-4,8-13,24,26H,2,5-7,14-21H2. The zero-order valence-corrected chi connectivity index (χ0v) is 18.4. The second-order valence-electron chi connectivity index (χ2n) is 8.41. The molecular weight excluding hydrogens is 374 g/mol. The highest BCUT2D eigenvalue weighted by Gasteiger charge is 2.25. The molecule has 2 aromatic carbocycles. The SMILES string of the molecule is c1ccc(-c2ccc(SNCCCN3CCC(N4CCCCC4)CC3)cc2)cc1. The van der Waals surface area contributed by atoms with Crippen molar-refractivity contribution in [2.24, 2.45) is 0 Å². The van der Waals surface area contributed by atoms with Crippen molar-refractivity contribution in [3.05, 3.63) is 54.6 Å². The van der Waals surface area contributed by atoms with Gasteiger partial charge in [-0.3, -0.25) is 4.72 Å². The second-order valence-corrected chi connectivity index (χ2v) is 9.37. The third kappa shape index (κ3) is 6.32. The van der Waals surface area contributed by atoms with Gasteiger partial charge in [-0.25, -0.2) is 0 Å². The zero-order valence-electron chi connectivity index (χ0n) is 17.6. The van der Waals surface area contributed by atoms with E-state index in [4.69, 9.17) is 0 Å². The molecule has 3 nitrogen and oxygen atoms in total. The zero-order chi connectivity index (χ0) is 19.7. The Morgan fingerprint density at radius 3 is 2.21 bits per heavy atom. The molecule has 156 valence electrons. The minimum absolute atomic E-state index is 0.860. The Bertz CT molecular complexity index is 705. The van der Waals surface area contributed by atoms with E-state index >= 15 is 0 Å². The molecular formula is C25H35N3S. The van der Waals surface area contributed by atoms with Crippen LogP contribution in [0.3, 0.4) is 0 Å². The predicted octanol–water partition coefficient (Wildman–Crippen LogP) is 5.29. The molecule has 0 bridgehead atoms. The lowest BCUT2D eigenvalue weighted by Gasteiger charge is -2.40. The summed E-state index contributed by atoms with van der Waals surface area (Å²) in [7, 11) is 0. The first kappa shape index (κ1) is 20.9. The Morgan fingerprint density at radius 1 is 0.793 bits per heavy atom. The van der Waals surface area contributed by atoms with Crippen molar-refractivity contribution in [3.63, 3.8) is 0 Å². The predicted molar refractivity (Wildman–Crippen MR) is 125 cm³/mol. The molecule has 0 spiro atoms. The molecule has 2 fully saturated rings. The summed E-state index contributed by atoms with van der Waals surface area (Å²) in [5, 5.41) is 0. The topological polar surface area (TPSA) is 18.5 Å². The van der Waals surface area contributed by atoms with E-state index in [9.17, 15) is 0 Å². The Hall–Kier alpha value is -1.33. The maximum atomic E-state index is 3.54. The fraction of sp³-hybridized carbons (Fsp3) is 0.520. The molecule has 2 saturated heterocycles. The molecule has 0 aliphatic carbocycles. The van der Waals surface area contributed by atoms with E-state index in [2.05, 4.69) is 69.1 Å². The summed E-state index contributed by atoms with van der Waals surface area (Å²) in [5.74, 6) is 0. The van der Waals surface area contributed by atoms with Gasteiger partial charge in [-0.2, -0.15) is 0 Å². The van der Waals surface area contributed by atoms with E-state index < -0.39 is 0 Å². The van der Waals surface area contributed by atoms with Crippen molar-refractivity contribution in [1.82, 2.24) is 14.5 Å². The average Bonchev–Trinajstić information content (AvgIpc) is 2.81. The van der Waals surface area contributed by atoms with E-state index in [1.807, 2.05) is 0 Å². The number of rotatable bonds is 8. The van der Waals surface area contributed by atoms with Crippen LogP contribution in [0.4, 0.5) is 0 Å². The number of benzene rings is 2. The summed E-state index contributed by atoms with van der Waals surface area (Å²) in [5.41, 5.74) is 2.56. The van der Waals surface area contributed by atoms with Crippen molar-refractivity contribution in [1.29, 1.82) is 0 Å². The molecule has 0 atom stereocenters. The summed E-state index contributed by atoms with van der Waals surface area (Å²) in [4.78, 5) is 6.72. The fourth-order valence-corrected chi connectivity index (χ4v) is 5.33. The van der Waals surface area contributed by atoms with E-state index in [0.29, 0.717) is 0 Å². The second kappa shape index (κ2) is 11.2. The normalized spacial score (nSPS) is 19.4. The van der Waals surface area contributed by atoms with Crippen molar-refractivity contribution in [2.45, 2.75) is 49.5 Å². The van der Waals surface area contributed by atoms with Crippen LogP contribution in [0.2, 0.25) is 0 Å². The van der Waals surface area contributed by atoms with Crippen LogP contribution < -0.4 is 4.72 Å². The van der Waals surface area contributed by atoms with Crippen LogP contribution in [-0.4, -0.2) is 55.1 Å². The largest absolute Gasteiger partial charge is 0.303 e. The molecule has 0 saturated carbocycles. The highest BCUT2D eigenvalue weighted by Crippen LogP contribution is 2.23. The van der Waals surface area contributed by atoms with E-state index in [0.717, 1.165) is 12.6 Å². The highest BCUT2D eigenvalue weighted by molar-refractivity contribution is 7.97. The van der Waals surface area contributed by atoms with Crippen molar-refractivity contribution >= 4 is 11.9 Å². The Balaban J connectivity index is 1.10. The molecule has 4 heteroatoms. The Labute approximate surface area is 181 Å². The van der Waals surface area contributed by atoms with Gasteiger partial charge in [0.05, 0.1) is 0 Å². The van der Waals surface area contributed by atoms with Gasteiger partial charge < -0.3 is 9.80 Å². The van der Waals surface area contributed by atoms with E-state index in [1.165, 1.54) is 87.3 Å². The van der Waals surface area contributed by atoms with E-state index in [1.54, 1.807) is 11.9 Å². The number of likely N-dealkylation sites (tertiary alicyclic amines) is 2. The molecule has 0 amide bonds. The number of nitrogens with zero attached hydrogens (tertiary/aromatic N) is 2. The summed E-state index contributed by atoms with van der Waals surface area (Å²) in [6.07, 6.45) is 8.24. The molecule has 2 aliphatic rings. The molecule has 1 N–H and O–H groups in total. The minimum atomic E-state index is 0.860. The maximum Gasteiger partial charge on any atom is 0.0228 e. The molecule has 2 aromatic rings. The smallest absolute Gasteiger partial charge is 0.0228 e. The third-order valence-electron chi connectivity index (χ3n) is 6.37. The number of nitrogens with one attached hydrogen (secondary N) is 1. The van der Waals surface area contributed by atoms with Gasteiger partial charge in [-0.1, -0.05) is 48.9 Å². The van der Waals surface area contributed by atoms with Crippen LogP contribution in [0.25, 0.3) is 11.1 Å². The summed E-state index contributed by atoms with van der Waals surface area (Å²) < 4.78 is 3.54. The molecule has 0 unspecified atom stereocenters. The summed E-state index contributed by atoms with van der Waals surface area (Å²) in [6.45, 7) is 7.56. The molecule has 4 rings (SSSR count). The number of hydrogen-bond acceptors (Lipinski definition) is 4. The first-order valence-corrected chi connectivity index (χ1v) is 12.2. The average molecular weight is 410 g/mol. The summed E-state index contributed by atoms with van der Waals surface area (Å²) in [6, 6.07) is 20.3. The minimum Gasteiger partial charge on any atom is -0.303 e. The van der Waals surface area contributed by atoms with Crippen LogP contribution in [0.15, 0.2) is 59.5 Å². The third-order valence-corrected chi connectivity index (χ3v) is 7.23. The first-order chi connectivity index (χ1) is 14.4. The van der Waals surface area contributed by atoms with Gasteiger partial charge in [-0.05, 0) is 100 Å². The lowest BCUT2D eigenvalue weighted by Crippen LogP contribution is -2.46. The van der Waals surface area contributed by atoms with Crippen molar-refractivity contribution < 1.29 is 0 Å². The Morgan fingerprint density at radius 2 is 1.48 bits per heavy atom. The number of piperidine rings is 2. The van der Waals surface area contributed by atoms with Gasteiger partial charge in [0, 0.05) is 17.5 Å². The van der Waals surface area contributed by atoms with Crippen LogP contribution >= 0.6 is 11.9 Å². The lowest BCUT2D eigenvalue weighted by atomic mass is 10.00. The van der Waals surface area contributed by atoms with Gasteiger partial charge >= 0.3 is 0 Å². The van der Waals surface area contributed by atoms with Gasteiger partial charge in [0.25, 0.3) is 0 Å². The first-order valence-electron chi connectivity index (χ1n) is 11.4. The van der Waals surface area contributed by atoms with Crippen LogP contribution in [0.5, 0.6) is 0 Å². The maximum absolute atomic E-state index is 3.54. The van der Waals surface area contributed by atoms with Crippen LogP contribution in [0, 0.1) is 0 Å². The van der Waals surface area contributed by atoms with Gasteiger partial charge in [-0.15, -0.1) is 0 Å². The van der Waals surface area contributed by atoms with Crippen LogP contribution in [-0.2, 0) is 0 Å². The van der Waals surface area contributed by atoms with Crippen molar-refractivity contribution in [2.75, 3.05) is 39.3 Å². The molecule has 29 heavy (non-hydrogen) atoms. The summed E-state index contributed by atoms with van der Waals surface area (Å²) >= 11 is 1.75. The number of hydrogen-bond donors (Lipinski definition) is 1. The van der Waals surface area contributed by atoms with Gasteiger partial charge in [0.15, 0.2) is 0 Å². The molecule has 0 aromatic heterocycles. The molecule has 0 radical (unpaired) electrons. The molecule has 2 heterocycles. The van der Waals surface area contributed by atoms with Crippen LogP contribution in [0.1, 0.15) is 38.5 Å². The van der Waals surface area contributed by atoms with Gasteiger partial charge in [0.1, 0.15) is 0 Å². The molecule has 2 aliphatic heterocycles. The van der Waals surface area contributed by atoms with E-state index in [-0.39, 0.29) is 0 Å². The highest BCUT2D eigenvalue weighted by atomic mass is 32.2. The monoisotopic (exact) mass is 409 g/mol. The lowest BCUT2D eigenvalue weighted by molar-refractivity contribution is 0.0923. The quantitative estimate of drug-likeness (QED) is 0.471.